The Morgan fingerprint density at radius 1 is 0.400 bits per heavy atom. The zero-order chi connectivity index (χ0) is 36.0. The maximum absolute atomic E-state index is 2.53. The van der Waals surface area contributed by atoms with Crippen LogP contribution in [0, 0.1) is 0 Å². The van der Waals surface area contributed by atoms with Crippen molar-refractivity contribution in [2.45, 2.75) is 12.3 Å². The average molecular weight is 698 g/mol. The third-order valence-electron chi connectivity index (χ3n) is 12.3. The summed E-state index contributed by atoms with van der Waals surface area (Å²) in [5.41, 5.74) is 21.0. The van der Waals surface area contributed by atoms with Crippen LogP contribution in [0.25, 0.3) is 82.8 Å². The van der Waals surface area contributed by atoms with E-state index in [0.717, 1.165) is 6.42 Å². The SMILES string of the molecule is c1ccc(-c2cccc(C3c4ccccc4-c4cc(-c5ccc6c(c5)c5ccc7c(c5n6-c5ccc6ccccc6c5)Cc5ccccc5-7)ccc43)c2)cc1. The van der Waals surface area contributed by atoms with E-state index in [-0.39, 0.29) is 5.92 Å². The quantitative estimate of drug-likeness (QED) is 0.173. The molecule has 0 saturated carbocycles. The molecule has 1 unspecified atom stereocenters. The summed E-state index contributed by atoms with van der Waals surface area (Å²) in [4.78, 5) is 0. The van der Waals surface area contributed by atoms with Crippen molar-refractivity contribution in [1.29, 1.82) is 0 Å². The standard InChI is InChI=1S/C54H35N/c1-2-11-34(12-3-1)36-16-10-17-41(29-36)53-46-20-9-8-19-44(46)49-31-38(22-25-47(49)53)39-23-28-52-50(32-39)48-27-26-45-43-18-7-6-15-40(43)33-51(45)54(48)55(52)42-24-21-35-13-4-5-14-37(35)30-42/h1-32,53H,33H2. The van der Waals surface area contributed by atoms with Crippen LogP contribution >= 0.6 is 0 Å². The molecule has 2 aliphatic carbocycles. The Bertz CT molecular complexity index is 3180. The smallest absolute Gasteiger partial charge is 0.0582 e. The topological polar surface area (TPSA) is 4.93 Å². The van der Waals surface area contributed by atoms with Gasteiger partial charge in [0.1, 0.15) is 0 Å². The van der Waals surface area contributed by atoms with Crippen molar-refractivity contribution in [1.82, 2.24) is 4.57 Å². The molecule has 1 heterocycles. The zero-order valence-electron chi connectivity index (χ0n) is 30.2. The van der Waals surface area contributed by atoms with Crippen LogP contribution in [0.2, 0.25) is 0 Å². The van der Waals surface area contributed by atoms with E-state index in [1.165, 1.54) is 111 Å². The molecule has 0 bridgehead atoms. The highest BCUT2D eigenvalue weighted by Gasteiger charge is 2.31. The van der Waals surface area contributed by atoms with E-state index in [2.05, 4.69) is 199 Å². The Labute approximate surface area is 320 Å². The lowest BCUT2D eigenvalue weighted by molar-refractivity contribution is 1.02. The highest BCUT2D eigenvalue weighted by molar-refractivity contribution is 6.13. The highest BCUT2D eigenvalue weighted by Crippen LogP contribution is 2.50. The van der Waals surface area contributed by atoms with Crippen LogP contribution in [0.1, 0.15) is 33.7 Å². The third-order valence-corrected chi connectivity index (χ3v) is 12.3. The summed E-state index contributed by atoms with van der Waals surface area (Å²) in [6, 6.07) is 72.4. The Morgan fingerprint density at radius 3 is 2.05 bits per heavy atom. The van der Waals surface area contributed by atoms with Crippen molar-refractivity contribution in [3.8, 4) is 50.2 Å². The molecule has 10 aromatic rings. The summed E-state index contributed by atoms with van der Waals surface area (Å²) in [7, 11) is 0. The molecule has 1 nitrogen and oxygen atoms in total. The van der Waals surface area contributed by atoms with Crippen molar-refractivity contribution in [2.75, 3.05) is 0 Å². The summed E-state index contributed by atoms with van der Waals surface area (Å²) in [5.74, 6) is 0.192. The number of fused-ring (bicyclic) bond motifs is 11. The fourth-order valence-corrected chi connectivity index (χ4v) is 9.77. The first-order chi connectivity index (χ1) is 27.3. The Morgan fingerprint density at radius 2 is 1.13 bits per heavy atom. The molecule has 1 aromatic heterocycles. The number of hydrogen-bond acceptors (Lipinski definition) is 0. The zero-order valence-corrected chi connectivity index (χ0v) is 30.2. The van der Waals surface area contributed by atoms with E-state index < -0.39 is 0 Å². The number of rotatable bonds is 4. The molecule has 0 amide bonds. The number of nitrogens with zero attached hydrogens (tertiary/aromatic N) is 1. The second-order valence-corrected chi connectivity index (χ2v) is 15.2. The Hall–Kier alpha value is -6.96. The molecule has 0 radical (unpaired) electrons. The second-order valence-electron chi connectivity index (χ2n) is 15.2. The number of hydrogen-bond donors (Lipinski definition) is 0. The van der Waals surface area contributed by atoms with E-state index in [4.69, 9.17) is 0 Å². The van der Waals surface area contributed by atoms with Gasteiger partial charge < -0.3 is 4.57 Å². The molecule has 55 heavy (non-hydrogen) atoms. The predicted molar refractivity (Wildman–Crippen MR) is 230 cm³/mol. The first-order valence-corrected chi connectivity index (χ1v) is 19.3. The van der Waals surface area contributed by atoms with Gasteiger partial charge in [-0.3, -0.25) is 0 Å². The van der Waals surface area contributed by atoms with E-state index in [1.807, 2.05) is 0 Å². The Kier molecular flexibility index (Phi) is 6.53. The van der Waals surface area contributed by atoms with Gasteiger partial charge in [0, 0.05) is 28.8 Å². The molecule has 0 saturated heterocycles. The van der Waals surface area contributed by atoms with E-state index >= 15 is 0 Å². The van der Waals surface area contributed by atoms with Crippen LogP contribution in [-0.4, -0.2) is 4.57 Å². The molecule has 0 fully saturated rings. The summed E-state index contributed by atoms with van der Waals surface area (Å²) >= 11 is 0. The van der Waals surface area contributed by atoms with Crippen molar-refractivity contribution < 1.29 is 0 Å². The van der Waals surface area contributed by atoms with Gasteiger partial charge in [0.15, 0.2) is 0 Å². The van der Waals surface area contributed by atoms with Crippen LogP contribution in [0.3, 0.4) is 0 Å². The molecule has 1 atom stereocenters. The Balaban J connectivity index is 1.03. The number of benzene rings is 9. The van der Waals surface area contributed by atoms with Gasteiger partial charge in [-0.1, -0.05) is 164 Å². The molecule has 9 aromatic carbocycles. The number of aromatic nitrogens is 1. The summed E-state index contributed by atoms with van der Waals surface area (Å²) < 4.78 is 2.53. The van der Waals surface area contributed by atoms with Crippen LogP contribution in [0.15, 0.2) is 194 Å². The first kappa shape index (κ1) is 30.5. The maximum atomic E-state index is 2.53. The summed E-state index contributed by atoms with van der Waals surface area (Å²) in [6.07, 6.45) is 0.944. The molecule has 0 N–H and O–H groups in total. The van der Waals surface area contributed by atoms with Crippen LogP contribution in [-0.2, 0) is 6.42 Å². The summed E-state index contributed by atoms with van der Waals surface area (Å²) in [6.45, 7) is 0. The maximum Gasteiger partial charge on any atom is 0.0582 e. The van der Waals surface area contributed by atoms with Gasteiger partial charge in [-0.15, -0.1) is 0 Å². The molecule has 256 valence electrons. The van der Waals surface area contributed by atoms with Gasteiger partial charge in [0.2, 0.25) is 0 Å². The molecule has 0 aliphatic heterocycles. The lowest BCUT2D eigenvalue weighted by atomic mass is 9.87. The lowest BCUT2D eigenvalue weighted by Gasteiger charge is -2.16. The van der Waals surface area contributed by atoms with E-state index in [1.54, 1.807) is 0 Å². The summed E-state index contributed by atoms with van der Waals surface area (Å²) in [5, 5.41) is 5.11. The van der Waals surface area contributed by atoms with Gasteiger partial charge >= 0.3 is 0 Å². The van der Waals surface area contributed by atoms with Gasteiger partial charge in [0.25, 0.3) is 0 Å². The van der Waals surface area contributed by atoms with Crippen LogP contribution in [0.5, 0.6) is 0 Å². The van der Waals surface area contributed by atoms with E-state index in [0.29, 0.717) is 0 Å². The van der Waals surface area contributed by atoms with Crippen molar-refractivity contribution in [3.63, 3.8) is 0 Å². The van der Waals surface area contributed by atoms with Crippen molar-refractivity contribution >= 4 is 32.6 Å². The normalized spacial score (nSPS) is 13.9. The largest absolute Gasteiger partial charge is 0.309 e. The van der Waals surface area contributed by atoms with Crippen LogP contribution < -0.4 is 0 Å². The third kappa shape index (κ3) is 4.60. The molecule has 2 aliphatic rings. The minimum atomic E-state index is 0.192. The minimum absolute atomic E-state index is 0.192. The van der Waals surface area contributed by atoms with Gasteiger partial charge in [-0.05, 0) is 113 Å². The molecular formula is C54H35N. The first-order valence-electron chi connectivity index (χ1n) is 19.3. The average Bonchev–Trinajstić information content (AvgIpc) is 3.91. The van der Waals surface area contributed by atoms with Gasteiger partial charge in [-0.2, -0.15) is 0 Å². The van der Waals surface area contributed by atoms with Crippen molar-refractivity contribution in [2.24, 2.45) is 0 Å². The monoisotopic (exact) mass is 697 g/mol. The molecule has 0 spiro atoms. The van der Waals surface area contributed by atoms with Gasteiger partial charge in [0.05, 0.1) is 11.0 Å². The fraction of sp³-hybridized carbons (Fsp3) is 0.0370. The minimum Gasteiger partial charge on any atom is -0.309 e. The van der Waals surface area contributed by atoms with Crippen molar-refractivity contribution in [3.05, 3.63) is 222 Å². The second kappa shape index (κ2) is 11.8. The van der Waals surface area contributed by atoms with E-state index in [9.17, 15) is 0 Å². The van der Waals surface area contributed by atoms with Gasteiger partial charge in [-0.25, -0.2) is 0 Å². The predicted octanol–water partition coefficient (Wildman–Crippen LogP) is 14.0. The molecule has 12 rings (SSSR count). The molecular weight excluding hydrogens is 663 g/mol. The highest BCUT2D eigenvalue weighted by atomic mass is 15.0. The lowest BCUT2D eigenvalue weighted by Crippen LogP contribution is -1.99. The fourth-order valence-electron chi connectivity index (χ4n) is 9.77. The molecule has 1 heteroatoms. The van der Waals surface area contributed by atoms with Crippen LogP contribution in [0.4, 0.5) is 0 Å².